The molecule has 2 aromatic heterocycles. The summed E-state index contributed by atoms with van der Waals surface area (Å²) in [4.78, 5) is 29.8. The molecule has 3 rings (SSSR count). The molecule has 3 aromatic rings. The van der Waals surface area contributed by atoms with E-state index in [2.05, 4.69) is 15.3 Å². The number of amides is 1. The molecular weight excluding hydrogens is 250 g/mol. The maximum atomic E-state index is 11.9. The zero-order valence-electron chi connectivity index (χ0n) is 9.48. The van der Waals surface area contributed by atoms with Crippen LogP contribution in [0.1, 0.15) is 6.92 Å². The Balaban J connectivity index is 2.37. The van der Waals surface area contributed by atoms with E-state index in [1.54, 1.807) is 0 Å². The topological polar surface area (TPSA) is 74.8 Å². The number of aromatic nitrogens is 2. The third-order valence-electron chi connectivity index (χ3n) is 2.55. The molecule has 2 N–H and O–H groups in total. The van der Waals surface area contributed by atoms with Crippen LogP contribution in [0.2, 0.25) is 0 Å². The zero-order valence-corrected chi connectivity index (χ0v) is 10.3. The van der Waals surface area contributed by atoms with Gasteiger partial charge in [-0.15, -0.1) is 0 Å². The number of para-hydroxylation sites is 1. The molecule has 0 aliphatic carbocycles. The summed E-state index contributed by atoms with van der Waals surface area (Å²) in [7, 11) is 0. The van der Waals surface area contributed by atoms with Gasteiger partial charge in [-0.05, 0) is 6.07 Å². The fraction of sp³-hybridized carbons (Fsp3) is 0.0833. The number of nitrogens with one attached hydrogen (secondary N) is 2. The van der Waals surface area contributed by atoms with Crippen molar-refractivity contribution in [2.45, 2.75) is 6.92 Å². The lowest BCUT2D eigenvalue weighted by Crippen LogP contribution is -2.07. The van der Waals surface area contributed by atoms with Crippen molar-refractivity contribution in [3.63, 3.8) is 0 Å². The van der Waals surface area contributed by atoms with Gasteiger partial charge in [0.25, 0.3) is 5.56 Å². The van der Waals surface area contributed by atoms with Crippen molar-refractivity contribution in [2.24, 2.45) is 0 Å². The van der Waals surface area contributed by atoms with Crippen molar-refractivity contribution in [1.29, 1.82) is 0 Å². The highest BCUT2D eigenvalue weighted by Gasteiger charge is 2.11. The van der Waals surface area contributed by atoms with Gasteiger partial charge < -0.3 is 10.3 Å². The van der Waals surface area contributed by atoms with E-state index in [9.17, 15) is 9.59 Å². The van der Waals surface area contributed by atoms with E-state index in [4.69, 9.17) is 0 Å². The minimum atomic E-state index is -0.239. The Morgan fingerprint density at radius 1 is 1.39 bits per heavy atom. The number of fused-ring (bicyclic) bond motifs is 3. The van der Waals surface area contributed by atoms with Crippen molar-refractivity contribution >= 4 is 43.5 Å². The van der Waals surface area contributed by atoms with E-state index in [1.807, 2.05) is 24.3 Å². The van der Waals surface area contributed by atoms with Crippen LogP contribution >= 0.6 is 11.3 Å². The number of hydrogen-bond donors (Lipinski definition) is 2. The van der Waals surface area contributed by atoms with Crippen molar-refractivity contribution < 1.29 is 4.79 Å². The van der Waals surface area contributed by atoms with Gasteiger partial charge in [-0.1, -0.05) is 29.5 Å². The summed E-state index contributed by atoms with van der Waals surface area (Å²) in [6, 6.07) is 7.52. The largest absolute Gasteiger partial charge is 0.320 e. The first-order valence-electron chi connectivity index (χ1n) is 5.34. The number of nitrogens with zero attached hydrogens (tertiary/aromatic N) is 1. The molecule has 0 spiro atoms. The second kappa shape index (κ2) is 3.92. The molecule has 0 bridgehead atoms. The summed E-state index contributed by atoms with van der Waals surface area (Å²) >= 11 is 1.31. The molecule has 0 aliphatic rings. The first-order valence-corrected chi connectivity index (χ1v) is 6.16. The fourth-order valence-electron chi connectivity index (χ4n) is 1.83. The first kappa shape index (κ1) is 10.9. The molecule has 0 unspecified atom stereocenters. The molecule has 1 amide bonds. The summed E-state index contributed by atoms with van der Waals surface area (Å²) in [6.45, 7) is 1.41. The predicted molar refractivity (Wildman–Crippen MR) is 72.1 cm³/mol. The fourth-order valence-corrected chi connectivity index (χ4v) is 2.88. The number of benzene rings is 1. The molecule has 5 nitrogen and oxygen atoms in total. The summed E-state index contributed by atoms with van der Waals surface area (Å²) in [5.74, 6) is -0.199. The molecule has 0 radical (unpaired) electrons. The summed E-state index contributed by atoms with van der Waals surface area (Å²) in [5, 5.41) is 3.98. The Kier molecular flexibility index (Phi) is 2.38. The summed E-state index contributed by atoms with van der Waals surface area (Å²) in [5.41, 5.74) is 0.895. The number of anilines is 1. The standard InChI is InChI=1S/C12H9N3O2S/c1-6(16)13-12-15-9-10(18-12)7-4-2-3-5-8(7)14-11(9)17/h2-5H,1H3,(H,14,17)(H,13,15,16). The molecular formula is C12H9N3O2S. The van der Waals surface area contributed by atoms with Crippen molar-refractivity contribution in [3.8, 4) is 0 Å². The van der Waals surface area contributed by atoms with Gasteiger partial charge in [0, 0.05) is 17.8 Å². The molecule has 0 atom stereocenters. The normalized spacial score (nSPS) is 10.9. The lowest BCUT2D eigenvalue weighted by Gasteiger charge is -1.96. The van der Waals surface area contributed by atoms with Crippen LogP contribution in [-0.4, -0.2) is 15.9 Å². The number of rotatable bonds is 1. The molecule has 0 saturated heterocycles. The van der Waals surface area contributed by atoms with Crippen molar-refractivity contribution in [1.82, 2.24) is 9.97 Å². The third kappa shape index (κ3) is 1.67. The van der Waals surface area contributed by atoms with Gasteiger partial charge in [-0.25, -0.2) is 4.98 Å². The molecule has 0 fully saturated rings. The molecule has 1 aromatic carbocycles. The van der Waals surface area contributed by atoms with Gasteiger partial charge >= 0.3 is 0 Å². The van der Waals surface area contributed by atoms with Gasteiger partial charge in [-0.2, -0.15) is 0 Å². The average Bonchev–Trinajstić information content (AvgIpc) is 2.73. The Bertz CT molecular complexity index is 819. The highest BCUT2D eigenvalue weighted by Crippen LogP contribution is 2.29. The summed E-state index contributed by atoms with van der Waals surface area (Å²) < 4.78 is 0.790. The number of H-pyrrole nitrogens is 1. The number of hydrogen-bond acceptors (Lipinski definition) is 4. The Morgan fingerprint density at radius 2 is 2.17 bits per heavy atom. The van der Waals surface area contributed by atoms with Crippen LogP contribution in [0.15, 0.2) is 29.1 Å². The van der Waals surface area contributed by atoms with E-state index >= 15 is 0 Å². The molecule has 0 saturated carbocycles. The van der Waals surface area contributed by atoms with E-state index in [0.717, 1.165) is 15.6 Å². The number of carbonyl (C=O) groups is 1. The van der Waals surface area contributed by atoms with Gasteiger partial charge in [0.05, 0.1) is 4.70 Å². The third-order valence-corrected chi connectivity index (χ3v) is 3.55. The number of thiazole rings is 1. The highest BCUT2D eigenvalue weighted by atomic mass is 32.1. The molecule has 18 heavy (non-hydrogen) atoms. The Morgan fingerprint density at radius 3 is 2.94 bits per heavy atom. The van der Waals surface area contributed by atoms with Crippen LogP contribution in [-0.2, 0) is 4.79 Å². The highest BCUT2D eigenvalue weighted by molar-refractivity contribution is 7.23. The SMILES string of the molecule is CC(=O)Nc1nc2c(=O)[nH]c3ccccc3c2s1. The molecule has 6 heteroatoms. The van der Waals surface area contributed by atoms with Gasteiger partial charge in [-0.3, -0.25) is 9.59 Å². The lowest BCUT2D eigenvalue weighted by molar-refractivity contribution is -0.114. The quantitative estimate of drug-likeness (QED) is 0.702. The zero-order chi connectivity index (χ0) is 12.7. The van der Waals surface area contributed by atoms with Crippen molar-refractivity contribution in [2.75, 3.05) is 5.32 Å². The van der Waals surface area contributed by atoms with Crippen molar-refractivity contribution in [3.05, 3.63) is 34.6 Å². The lowest BCUT2D eigenvalue weighted by atomic mass is 10.2. The van der Waals surface area contributed by atoms with Crippen LogP contribution < -0.4 is 10.9 Å². The van der Waals surface area contributed by atoms with E-state index < -0.39 is 0 Å². The smallest absolute Gasteiger partial charge is 0.275 e. The van der Waals surface area contributed by atoms with E-state index in [-0.39, 0.29) is 11.5 Å². The Hall–Kier alpha value is -2.21. The number of carbonyl (C=O) groups excluding carboxylic acids is 1. The second-order valence-electron chi connectivity index (χ2n) is 3.88. The molecule has 2 heterocycles. The monoisotopic (exact) mass is 259 g/mol. The number of aromatic amines is 1. The van der Waals surface area contributed by atoms with E-state index in [0.29, 0.717) is 10.6 Å². The average molecular weight is 259 g/mol. The predicted octanol–water partition coefficient (Wildman–Crippen LogP) is 2.10. The van der Waals surface area contributed by atoms with Gasteiger partial charge in [0.15, 0.2) is 5.13 Å². The minimum absolute atomic E-state index is 0.199. The molecule has 0 aliphatic heterocycles. The Labute approximate surface area is 105 Å². The summed E-state index contributed by atoms with van der Waals surface area (Å²) in [6.07, 6.45) is 0. The number of pyridine rings is 1. The maximum Gasteiger partial charge on any atom is 0.275 e. The van der Waals surface area contributed by atoms with Gasteiger partial charge in [0.2, 0.25) is 5.91 Å². The van der Waals surface area contributed by atoms with E-state index in [1.165, 1.54) is 18.3 Å². The van der Waals surface area contributed by atoms with Crippen LogP contribution in [0.4, 0.5) is 5.13 Å². The van der Waals surface area contributed by atoms with Gasteiger partial charge in [0.1, 0.15) is 5.52 Å². The molecule has 90 valence electrons. The minimum Gasteiger partial charge on any atom is -0.320 e. The van der Waals surface area contributed by atoms with Crippen LogP contribution in [0.3, 0.4) is 0 Å². The maximum absolute atomic E-state index is 11.9. The van der Waals surface area contributed by atoms with Crippen LogP contribution in [0.25, 0.3) is 21.1 Å². The van der Waals surface area contributed by atoms with Crippen LogP contribution in [0.5, 0.6) is 0 Å². The first-order chi connectivity index (χ1) is 8.65. The second-order valence-corrected chi connectivity index (χ2v) is 4.88. The van der Waals surface area contributed by atoms with Crippen LogP contribution in [0, 0.1) is 0 Å².